The molecule has 86 valence electrons. The van der Waals surface area contributed by atoms with Crippen LogP contribution in [0, 0.1) is 5.95 Å². The molecule has 0 aromatic carbocycles. The Labute approximate surface area is 97.8 Å². The highest BCUT2D eigenvalue weighted by Gasteiger charge is 2.17. The van der Waals surface area contributed by atoms with E-state index in [1.54, 1.807) is 0 Å². The fourth-order valence-electron chi connectivity index (χ4n) is 1.67. The van der Waals surface area contributed by atoms with E-state index in [4.69, 9.17) is 0 Å². The Kier molecular flexibility index (Phi) is 3.77. The zero-order valence-electron chi connectivity index (χ0n) is 8.78. The smallest absolute Gasteiger partial charge is 0.251 e. The van der Waals surface area contributed by atoms with Crippen LogP contribution in [0.15, 0.2) is 18.3 Å². The normalized spacial score (nSPS) is 20.4. The molecule has 5 heteroatoms. The van der Waals surface area contributed by atoms with Crippen molar-refractivity contribution in [2.24, 2.45) is 0 Å². The zero-order valence-corrected chi connectivity index (χ0v) is 9.60. The first kappa shape index (κ1) is 11.4. The molecule has 1 aliphatic rings. The Bertz CT molecular complexity index is 380. The molecule has 1 fully saturated rings. The van der Waals surface area contributed by atoms with Crippen LogP contribution in [0.3, 0.4) is 0 Å². The third-order valence-electron chi connectivity index (χ3n) is 2.48. The fraction of sp³-hybridized carbons (Fsp3) is 0.455. The number of nitrogens with zero attached hydrogens (tertiary/aromatic N) is 1. The summed E-state index contributed by atoms with van der Waals surface area (Å²) in [5.41, 5.74) is 0.336. The largest absolute Gasteiger partial charge is 0.348 e. The summed E-state index contributed by atoms with van der Waals surface area (Å²) >= 11 is 1.84. The van der Waals surface area contributed by atoms with Crippen molar-refractivity contribution in [3.05, 3.63) is 29.8 Å². The van der Waals surface area contributed by atoms with Gasteiger partial charge in [-0.15, -0.1) is 0 Å². The van der Waals surface area contributed by atoms with Crippen LogP contribution in [0.2, 0.25) is 0 Å². The van der Waals surface area contributed by atoms with Crippen LogP contribution in [0.4, 0.5) is 4.39 Å². The highest BCUT2D eigenvalue weighted by molar-refractivity contribution is 7.99. The average molecular weight is 240 g/mol. The van der Waals surface area contributed by atoms with E-state index in [2.05, 4.69) is 10.3 Å². The minimum Gasteiger partial charge on any atom is -0.348 e. The van der Waals surface area contributed by atoms with E-state index in [0.717, 1.165) is 30.4 Å². The third-order valence-corrected chi connectivity index (χ3v) is 3.70. The van der Waals surface area contributed by atoms with Crippen LogP contribution < -0.4 is 5.32 Å². The van der Waals surface area contributed by atoms with Crippen LogP contribution in [-0.2, 0) is 0 Å². The Morgan fingerprint density at radius 1 is 1.62 bits per heavy atom. The molecule has 16 heavy (non-hydrogen) atoms. The van der Waals surface area contributed by atoms with E-state index in [0.29, 0.717) is 5.56 Å². The predicted octanol–water partition coefficient (Wildman–Crippen LogP) is 1.85. The summed E-state index contributed by atoms with van der Waals surface area (Å²) in [6, 6.07) is 2.89. The molecule has 0 spiro atoms. The molecule has 1 aromatic rings. The number of halogens is 1. The number of amides is 1. The number of hydrogen-bond donors (Lipinski definition) is 1. The molecule has 1 aromatic heterocycles. The van der Waals surface area contributed by atoms with E-state index < -0.39 is 5.95 Å². The number of rotatable bonds is 2. The second kappa shape index (κ2) is 5.30. The molecule has 2 rings (SSSR count). The van der Waals surface area contributed by atoms with E-state index in [1.807, 2.05) is 11.8 Å². The second-order valence-electron chi connectivity index (χ2n) is 3.75. The molecule has 0 radical (unpaired) electrons. The fourth-order valence-corrected chi connectivity index (χ4v) is 2.74. The number of carbonyl (C=O) groups excluding carboxylic acids is 1. The minimum atomic E-state index is -0.620. The molecular formula is C11H13FN2OS. The summed E-state index contributed by atoms with van der Waals surface area (Å²) in [6.45, 7) is 0. The summed E-state index contributed by atoms with van der Waals surface area (Å²) in [5, 5.41) is 2.91. The highest BCUT2D eigenvalue weighted by atomic mass is 32.2. The Morgan fingerprint density at radius 3 is 3.19 bits per heavy atom. The first-order chi connectivity index (χ1) is 7.75. The minimum absolute atomic E-state index is 0.211. The SMILES string of the molecule is O=C(NC1CCCSC1)c1ccnc(F)c1. The van der Waals surface area contributed by atoms with Gasteiger partial charge in [0, 0.05) is 29.6 Å². The van der Waals surface area contributed by atoms with Gasteiger partial charge in [-0.05, 0) is 24.7 Å². The molecule has 2 heterocycles. The molecule has 1 saturated heterocycles. The van der Waals surface area contributed by atoms with Crippen molar-refractivity contribution in [1.29, 1.82) is 0 Å². The first-order valence-electron chi connectivity index (χ1n) is 5.26. The maximum absolute atomic E-state index is 12.8. The number of nitrogens with one attached hydrogen (secondary N) is 1. The molecule has 0 aliphatic carbocycles. The first-order valence-corrected chi connectivity index (χ1v) is 6.41. The summed E-state index contributed by atoms with van der Waals surface area (Å²) in [6.07, 6.45) is 3.44. The number of pyridine rings is 1. The Morgan fingerprint density at radius 2 is 2.50 bits per heavy atom. The molecule has 1 atom stereocenters. The van der Waals surface area contributed by atoms with Crippen molar-refractivity contribution >= 4 is 17.7 Å². The van der Waals surface area contributed by atoms with Gasteiger partial charge in [0.2, 0.25) is 5.95 Å². The summed E-state index contributed by atoms with van der Waals surface area (Å²) in [7, 11) is 0. The number of hydrogen-bond acceptors (Lipinski definition) is 3. The molecule has 1 aliphatic heterocycles. The number of carbonyl (C=O) groups is 1. The van der Waals surface area contributed by atoms with E-state index in [1.165, 1.54) is 12.3 Å². The van der Waals surface area contributed by atoms with Crippen LogP contribution in [0.25, 0.3) is 0 Å². The van der Waals surface area contributed by atoms with Crippen molar-refractivity contribution in [2.75, 3.05) is 11.5 Å². The molecule has 0 saturated carbocycles. The van der Waals surface area contributed by atoms with Gasteiger partial charge in [-0.25, -0.2) is 4.98 Å². The van der Waals surface area contributed by atoms with Crippen molar-refractivity contribution in [3.8, 4) is 0 Å². The van der Waals surface area contributed by atoms with Gasteiger partial charge in [0.05, 0.1) is 0 Å². The van der Waals surface area contributed by atoms with E-state index >= 15 is 0 Å². The zero-order chi connectivity index (χ0) is 11.4. The predicted molar refractivity (Wildman–Crippen MR) is 62.0 cm³/mol. The second-order valence-corrected chi connectivity index (χ2v) is 4.90. The topological polar surface area (TPSA) is 42.0 Å². The lowest BCUT2D eigenvalue weighted by atomic mass is 10.1. The maximum atomic E-state index is 12.8. The summed E-state index contributed by atoms with van der Waals surface area (Å²) in [4.78, 5) is 15.2. The number of thioether (sulfide) groups is 1. The Hall–Kier alpha value is -1.10. The lowest BCUT2D eigenvalue weighted by Crippen LogP contribution is -2.38. The monoisotopic (exact) mass is 240 g/mol. The van der Waals surface area contributed by atoms with Gasteiger partial charge in [-0.2, -0.15) is 16.2 Å². The lowest BCUT2D eigenvalue weighted by Gasteiger charge is -2.22. The van der Waals surface area contributed by atoms with Gasteiger partial charge in [-0.1, -0.05) is 0 Å². The van der Waals surface area contributed by atoms with E-state index in [9.17, 15) is 9.18 Å². The van der Waals surface area contributed by atoms with Crippen LogP contribution >= 0.6 is 11.8 Å². The average Bonchev–Trinajstić information content (AvgIpc) is 2.30. The van der Waals surface area contributed by atoms with Gasteiger partial charge < -0.3 is 5.32 Å². The van der Waals surface area contributed by atoms with Crippen molar-refractivity contribution in [1.82, 2.24) is 10.3 Å². The van der Waals surface area contributed by atoms with Gasteiger partial charge in [0.15, 0.2) is 0 Å². The molecular weight excluding hydrogens is 227 g/mol. The third kappa shape index (κ3) is 2.95. The summed E-state index contributed by atoms with van der Waals surface area (Å²) in [5.74, 6) is 1.27. The maximum Gasteiger partial charge on any atom is 0.251 e. The molecule has 1 amide bonds. The Balaban J connectivity index is 1.97. The van der Waals surface area contributed by atoms with Crippen LogP contribution in [-0.4, -0.2) is 28.4 Å². The van der Waals surface area contributed by atoms with Crippen molar-refractivity contribution in [3.63, 3.8) is 0 Å². The molecule has 1 unspecified atom stereocenters. The van der Waals surface area contributed by atoms with E-state index in [-0.39, 0.29) is 11.9 Å². The van der Waals surface area contributed by atoms with Crippen LogP contribution in [0.1, 0.15) is 23.2 Å². The molecule has 3 nitrogen and oxygen atoms in total. The van der Waals surface area contributed by atoms with Crippen molar-refractivity contribution in [2.45, 2.75) is 18.9 Å². The highest BCUT2D eigenvalue weighted by Crippen LogP contribution is 2.17. The quantitative estimate of drug-likeness (QED) is 0.802. The standard InChI is InChI=1S/C11H13FN2OS/c12-10-6-8(3-4-13-10)11(15)14-9-2-1-5-16-7-9/h3-4,6,9H,1-2,5,7H2,(H,14,15). The van der Waals surface area contributed by atoms with Gasteiger partial charge in [-0.3, -0.25) is 4.79 Å². The summed E-state index contributed by atoms with van der Waals surface area (Å²) < 4.78 is 12.8. The van der Waals surface area contributed by atoms with Gasteiger partial charge in [0.25, 0.3) is 5.91 Å². The lowest BCUT2D eigenvalue weighted by molar-refractivity contribution is 0.0938. The molecule has 0 bridgehead atoms. The van der Waals surface area contributed by atoms with Gasteiger partial charge in [0.1, 0.15) is 0 Å². The van der Waals surface area contributed by atoms with Crippen molar-refractivity contribution < 1.29 is 9.18 Å². The van der Waals surface area contributed by atoms with Crippen LogP contribution in [0.5, 0.6) is 0 Å². The number of aromatic nitrogens is 1. The van der Waals surface area contributed by atoms with Gasteiger partial charge >= 0.3 is 0 Å². The molecule has 1 N–H and O–H groups in total.